The van der Waals surface area contributed by atoms with E-state index in [-0.39, 0.29) is 17.6 Å². The first-order chi connectivity index (χ1) is 10.9. The predicted octanol–water partition coefficient (Wildman–Crippen LogP) is 2.58. The molecule has 1 unspecified atom stereocenters. The lowest BCUT2D eigenvalue weighted by Gasteiger charge is -2.59. The molecule has 0 aromatic heterocycles. The highest BCUT2D eigenvalue weighted by Crippen LogP contribution is 2.63. The van der Waals surface area contributed by atoms with Crippen LogP contribution in [0.2, 0.25) is 0 Å². The number of rotatable bonds is 0. The van der Waals surface area contributed by atoms with Crippen LogP contribution in [0.1, 0.15) is 42.0 Å². The fraction of sp³-hybridized carbons (Fsp3) is 0.700. The molecule has 6 atom stereocenters. The summed E-state index contributed by atoms with van der Waals surface area (Å²) >= 11 is 0. The summed E-state index contributed by atoms with van der Waals surface area (Å²) in [4.78, 5) is 2.57. The summed E-state index contributed by atoms with van der Waals surface area (Å²) in [6.07, 6.45) is 3.02. The molecule has 5 rings (SSSR count). The Morgan fingerprint density at radius 3 is 2.87 bits per heavy atom. The van der Waals surface area contributed by atoms with Gasteiger partial charge in [0.15, 0.2) is 0 Å². The average molecular weight is 313 g/mol. The molecule has 1 aromatic rings. The second-order valence-electron chi connectivity index (χ2n) is 8.58. The second-order valence-corrected chi connectivity index (χ2v) is 8.58. The molecule has 23 heavy (non-hydrogen) atoms. The number of piperidine rings is 1. The van der Waals surface area contributed by atoms with E-state index in [0.717, 1.165) is 31.6 Å². The maximum absolute atomic E-state index is 10.9. The topological polar surface area (TPSA) is 32.7 Å². The Balaban J connectivity index is 1.83. The zero-order chi connectivity index (χ0) is 16.1. The molecule has 0 radical (unpaired) electrons. The third-order valence-electron chi connectivity index (χ3n) is 7.52. The van der Waals surface area contributed by atoms with Gasteiger partial charge in [-0.15, -0.1) is 0 Å². The number of likely N-dealkylation sites (N-methyl/N-ethyl adjacent to an activating group) is 1. The molecule has 124 valence electrons. The van der Waals surface area contributed by atoms with Crippen LogP contribution in [0, 0.1) is 25.7 Å². The van der Waals surface area contributed by atoms with Gasteiger partial charge in [0.1, 0.15) is 11.9 Å². The summed E-state index contributed by atoms with van der Waals surface area (Å²) in [6, 6.07) is 2.89. The van der Waals surface area contributed by atoms with Gasteiger partial charge in [0.25, 0.3) is 0 Å². The van der Waals surface area contributed by atoms with E-state index < -0.39 is 0 Å². The van der Waals surface area contributed by atoms with E-state index in [2.05, 4.69) is 38.8 Å². The van der Waals surface area contributed by atoms with Gasteiger partial charge >= 0.3 is 0 Å². The minimum atomic E-state index is -0.339. The van der Waals surface area contributed by atoms with Crippen LogP contribution in [0.4, 0.5) is 0 Å². The van der Waals surface area contributed by atoms with Crippen LogP contribution in [0.3, 0.4) is 0 Å². The molecule has 3 heteroatoms. The van der Waals surface area contributed by atoms with Gasteiger partial charge in [0, 0.05) is 17.0 Å². The molecule has 2 bridgehead atoms. The normalized spacial score (nSPS) is 44.0. The number of ether oxygens (including phenoxy) is 1. The molecule has 2 fully saturated rings. The number of hydrogen-bond donors (Lipinski definition) is 1. The number of aliphatic hydroxyl groups is 1. The number of likely N-dealkylation sites (tertiary alicyclic amines) is 1. The Hall–Kier alpha value is -1.06. The lowest BCUT2D eigenvalue weighted by atomic mass is 9.49. The molecule has 1 spiro atoms. The Labute approximate surface area is 138 Å². The van der Waals surface area contributed by atoms with Gasteiger partial charge < -0.3 is 14.7 Å². The van der Waals surface area contributed by atoms with E-state index in [1.807, 2.05) is 0 Å². The van der Waals surface area contributed by atoms with Crippen molar-refractivity contribution in [2.45, 2.75) is 63.7 Å². The first kappa shape index (κ1) is 14.3. The number of hydrogen-bond acceptors (Lipinski definition) is 3. The van der Waals surface area contributed by atoms with E-state index in [4.69, 9.17) is 4.74 Å². The van der Waals surface area contributed by atoms with Crippen molar-refractivity contribution in [3.8, 4) is 5.75 Å². The second kappa shape index (κ2) is 4.31. The Morgan fingerprint density at radius 1 is 1.30 bits per heavy atom. The number of aryl methyl sites for hydroxylation is 2. The molecular weight excluding hydrogens is 286 g/mol. The molecule has 1 aromatic carbocycles. The molecule has 3 nitrogen and oxygen atoms in total. The van der Waals surface area contributed by atoms with Crippen LogP contribution in [-0.2, 0) is 11.8 Å². The van der Waals surface area contributed by atoms with Crippen molar-refractivity contribution in [2.75, 3.05) is 13.6 Å². The van der Waals surface area contributed by atoms with Crippen LogP contribution in [0.15, 0.2) is 6.07 Å². The third-order valence-corrected chi connectivity index (χ3v) is 7.52. The van der Waals surface area contributed by atoms with E-state index in [0.29, 0.717) is 17.9 Å². The molecule has 0 amide bonds. The lowest BCUT2D eigenvalue weighted by molar-refractivity contribution is -0.122. The molecule has 1 saturated heterocycles. The first-order valence-electron chi connectivity index (χ1n) is 9.13. The largest absolute Gasteiger partial charge is 0.486 e. The number of nitrogens with zero attached hydrogens (tertiary/aromatic N) is 1. The summed E-state index contributed by atoms with van der Waals surface area (Å²) in [5, 5.41) is 10.9. The van der Waals surface area contributed by atoms with Gasteiger partial charge in [-0.2, -0.15) is 0 Å². The fourth-order valence-corrected chi connectivity index (χ4v) is 6.40. The molecule has 4 aliphatic rings. The average Bonchev–Trinajstić information content (AvgIpc) is 2.85. The number of benzene rings is 1. The summed E-state index contributed by atoms with van der Waals surface area (Å²) < 4.78 is 6.51. The van der Waals surface area contributed by atoms with Crippen molar-refractivity contribution in [1.29, 1.82) is 0 Å². The quantitative estimate of drug-likeness (QED) is 0.799. The van der Waals surface area contributed by atoms with Gasteiger partial charge in [-0.05, 0) is 75.2 Å². The van der Waals surface area contributed by atoms with Crippen molar-refractivity contribution in [3.63, 3.8) is 0 Å². The predicted molar refractivity (Wildman–Crippen MR) is 90.0 cm³/mol. The molecule has 2 aliphatic carbocycles. The van der Waals surface area contributed by atoms with Crippen molar-refractivity contribution in [3.05, 3.63) is 28.3 Å². The van der Waals surface area contributed by atoms with Crippen LogP contribution >= 0.6 is 0 Å². The van der Waals surface area contributed by atoms with Crippen LogP contribution < -0.4 is 4.74 Å². The van der Waals surface area contributed by atoms with Gasteiger partial charge in [-0.1, -0.05) is 13.0 Å². The van der Waals surface area contributed by atoms with E-state index in [1.165, 1.54) is 22.3 Å². The highest BCUT2D eigenvalue weighted by Gasteiger charge is 2.66. The molecule has 1 N–H and O–H groups in total. The van der Waals surface area contributed by atoms with Gasteiger partial charge in [-0.3, -0.25) is 0 Å². The summed E-state index contributed by atoms with van der Waals surface area (Å²) in [7, 11) is 2.29. The van der Waals surface area contributed by atoms with E-state index in [9.17, 15) is 5.11 Å². The Kier molecular flexibility index (Phi) is 2.68. The lowest BCUT2D eigenvalue weighted by Crippen LogP contribution is -2.67. The van der Waals surface area contributed by atoms with Crippen molar-refractivity contribution in [2.24, 2.45) is 11.8 Å². The molecule has 1 saturated carbocycles. The summed E-state index contributed by atoms with van der Waals surface area (Å²) in [5.74, 6) is 2.06. The van der Waals surface area contributed by atoms with Crippen LogP contribution in [0.5, 0.6) is 5.75 Å². The summed E-state index contributed by atoms with van der Waals surface area (Å²) in [6.45, 7) is 7.74. The third kappa shape index (κ3) is 1.49. The molecule has 2 aliphatic heterocycles. The maximum atomic E-state index is 10.9. The van der Waals surface area contributed by atoms with Crippen molar-refractivity contribution < 1.29 is 9.84 Å². The Bertz CT molecular complexity index is 699. The van der Waals surface area contributed by atoms with Crippen LogP contribution in [-0.4, -0.2) is 41.8 Å². The van der Waals surface area contributed by atoms with Gasteiger partial charge in [0.05, 0.1) is 6.10 Å². The highest BCUT2D eigenvalue weighted by atomic mass is 16.5. The van der Waals surface area contributed by atoms with Crippen molar-refractivity contribution in [1.82, 2.24) is 4.90 Å². The fourth-order valence-electron chi connectivity index (χ4n) is 6.40. The monoisotopic (exact) mass is 313 g/mol. The maximum Gasteiger partial charge on any atom is 0.135 e. The summed E-state index contributed by atoms with van der Waals surface area (Å²) in [5.41, 5.74) is 5.73. The zero-order valence-corrected chi connectivity index (χ0v) is 14.6. The Morgan fingerprint density at radius 2 is 2.09 bits per heavy atom. The minimum Gasteiger partial charge on any atom is -0.486 e. The standard InChI is InChI=1S/C20H27NO2/c1-10-7-12(3)18-16-13(10)9-15-14-8-11(2)17(22)19(23-18)20(14,16)5-6-21(15)4/h7,11,14-15,17,19,22H,5-6,8-9H2,1-4H3/t11-,14+,15+,17?,19+,20+/m1/s1. The zero-order valence-electron chi connectivity index (χ0n) is 14.6. The highest BCUT2D eigenvalue weighted by molar-refractivity contribution is 5.60. The molecule has 2 heterocycles. The smallest absolute Gasteiger partial charge is 0.135 e. The van der Waals surface area contributed by atoms with E-state index in [1.54, 1.807) is 0 Å². The van der Waals surface area contributed by atoms with Crippen molar-refractivity contribution >= 4 is 0 Å². The van der Waals surface area contributed by atoms with Crippen LogP contribution in [0.25, 0.3) is 0 Å². The van der Waals surface area contributed by atoms with Gasteiger partial charge in [-0.25, -0.2) is 0 Å². The first-order valence-corrected chi connectivity index (χ1v) is 9.13. The molecular formula is C20H27NO2. The van der Waals surface area contributed by atoms with E-state index >= 15 is 0 Å². The minimum absolute atomic E-state index is 0.0398. The number of aliphatic hydroxyl groups excluding tert-OH is 1. The SMILES string of the molecule is Cc1cc(C)c2c3c1C[C@H]1[C@@H]4C[C@@H](C)C(O)[C@H](O2)[C@]34CCN1C. The van der Waals surface area contributed by atoms with Gasteiger partial charge in [0.2, 0.25) is 0 Å².